The van der Waals surface area contributed by atoms with E-state index in [0.717, 1.165) is 38.3 Å². The topological polar surface area (TPSA) is 20.3 Å². The van der Waals surface area contributed by atoms with Crippen LogP contribution >= 0.6 is 11.6 Å². The molecule has 0 spiro atoms. The van der Waals surface area contributed by atoms with E-state index in [4.69, 9.17) is 11.6 Å². The van der Waals surface area contributed by atoms with Crippen LogP contribution in [0.4, 0.5) is 0 Å². The van der Waals surface area contributed by atoms with Crippen molar-refractivity contribution in [2.75, 3.05) is 13.1 Å². The number of carbonyl (C=O) groups excluding carboxylic acids is 1. The van der Waals surface area contributed by atoms with E-state index in [1.54, 1.807) is 0 Å². The maximum atomic E-state index is 12.1. The van der Waals surface area contributed by atoms with Gasteiger partial charge in [0.2, 0.25) is 5.91 Å². The first kappa shape index (κ1) is 11.3. The van der Waals surface area contributed by atoms with Crippen molar-refractivity contribution in [2.45, 2.75) is 38.5 Å². The summed E-state index contributed by atoms with van der Waals surface area (Å²) in [6, 6.07) is 0. The Bertz CT molecular complexity index is 240. The third-order valence-electron chi connectivity index (χ3n) is 3.64. The SMILES string of the molecule is CC1CC(C(=O)N2CC(C)CC(Cl)C2)C1. The van der Waals surface area contributed by atoms with Crippen LogP contribution in [-0.4, -0.2) is 29.3 Å². The van der Waals surface area contributed by atoms with Crippen molar-refractivity contribution in [2.24, 2.45) is 17.8 Å². The highest BCUT2D eigenvalue weighted by atomic mass is 35.5. The van der Waals surface area contributed by atoms with Crippen molar-refractivity contribution in [1.82, 2.24) is 4.90 Å². The summed E-state index contributed by atoms with van der Waals surface area (Å²) in [6.45, 7) is 6.06. The second kappa shape index (κ2) is 4.32. The number of hydrogen-bond donors (Lipinski definition) is 0. The van der Waals surface area contributed by atoms with E-state index >= 15 is 0 Å². The number of alkyl halides is 1. The number of carbonyl (C=O) groups is 1. The van der Waals surface area contributed by atoms with Gasteiger partial charge in [-0.1, -0.05) is 13.8 Å². The van der Waals surface area contributed by atoms with Gasteiger partial charge < -0.3 is 4.90 Å². The van der Waals surface area contributed by atoms with Gasteiger partial charge in [0.25, 0.3) is 0 Å². The first-order chi connectivity index (χ1) is 7.06. The van der Waals surface area contributed by atoms with E-state index in [9.17, 15) is 4.79 Å². The fraction of sp³-hybridized carbons (Fsp3) is 0.917. The smallest absolute Gasteiger partial charge is 0.225 e. The first-order valence-electron chi connectivity index (χ1n) is 5.99. The molecule has 1 saturated carbocycles. The summed E-state index contributed by atoms with van der Waals surface area (Å²) >= 11 is 6.15. The molecule has 15 heavy (non-hydrogen) atoms. The molecule has 2 aliphatic rings. The predicted molar refractivity (Wildman–Crippen MR) is 61.9 cm³/mol. The van der Waals surface area contributed by atoms with E-state index in [1.165, 1.54) is 0 Å². The Morgan fingerprint density at radius 2 is 1.80 bits per heavy atom. The minimum atomic E-state index is 0.162. The lowest BCUT2D eigenvalue weighted by Crippen LogP contribution is -2.48. The Labute approximate surface area is 97.0 Å². The Balaban J connectivity index is 1.89. The number of hydrogen-bond acceptors (Lipinski definition) is 1. The minimum Gasteiger partial charge on any atom is -0.341 e. The quantitative estimate of drug-likeness (QED) is 0.633. The molecule has 2 atom stereocenters. The second-order valence-electron chi connectivity index (χ2n) is 5.45. The summed E-state index contributed by atoms with van der Waals surface area (Å²) in [6.07, 6.45) is 3.21. The van der Waals surface area contributed by atoms with Crippen LogP contribution in [0, 0.1) is 17.8 Å². The lowest BCUT2D eigenvalue weighted by atomic mass is 9.75. The molecule has 1 aliphatic carbocycles. The van der Waals surface area contributed by atoms with Crippen molar-refractivity contribution in [3.63, 3.8) is 0 Å². The van der Waals surface area contributed by atoms with Gasteiger partial charge in [-0.25, -0.2) is 0 Å². The molecule has 1 aliphatic heterocycles. The maximum absolute atomic E-state index is 12.1. The number of halogens is 1. The molecule has 2 nitrogen and oxygen atoms in total. The van der Waals surface area contributed by atoms with Gasteiger partial charge in [-0.05, 0) is 31.1 Å². The second-order valence-corrected chi connectivity index (χ2v) is 6.07. The normalized spacial score (nSPS) is 41.1. The average Bonchev–Trinajstić information content (AvgIpc) is 2.10. The molecule has 1 amide bonds. The van der Waals surface area contributed by atoms with E-state index in [0.29, 0.717) is 17.7 Å². The van der Waals surface area contributed by atoms with E-state index in [-0.39, 0.29) is 5.38 Å². The van der Waals surface area contributed by atoms with Gasteiger partial charge >= 0.3 is 0 Å². The molecule has 0 radical (unpaired) electrons. The van der Waals surface area contributed by atoms with Crippen molar-refractivity contribution in [1.29, 1.82) is 0 Å². The maximum Gasteiger partial charge on any atom is 0.225 e. The van der Waals surface area contributed by atoms with Gasteiger partial charge in [0.05, 0.1) is 5.38 Å². The zero-order valence-electron chi connectivity index (χ0n) is 9.58. The van der Waals surface area contributed by atoms with Gasteiger partial charge in [-0.15, -0.1) is 11.6 Å². The molecule has 0 N–H and O–H groups in total. The Morgan fingerprint density at radius 3 is 2.33 bits per heavy atom. The number of likely N-dealkylation sites (tertiary alicyclic amines) is 1. The number of rotatable bonds is 1. The molecule has 2 unspecified atom stereocenters. The molecule has 3 heteroatoms. The first-order valence-corrected chi connectivity index (χ1v) is 6.42. The fourth-order valence-corrected chi connectivity index (χ4v) is 3.29. The standard InChI is InChI=1S/C12H20ClNO/c1-8-3-10(4-8)12(15)14-6-9(2)5-11(13)7-14/h8-11H,3-7H2,1-2H3. The van der Waals surface area contributed by atoms with Gasteiger partial charge in [0.1, 0.15) is 0 Å². The van der Waals surface area contributed by atoms with Crippen molar-refractivity contribution in [3.8, 4) is 0 Å². The van der Waals surface area contributed by atoms with Crippen LogP contribution in [0.1, 0.15) is 33.1 Å². The molecule has 2 fully saturated rings. The summed E-state index contributed by atoms with van der Waals surface area (Å²) in [5.74, 6) is 1.95. The summed E-state index contributed by atoms with van der Waals surface area (Å²) < 4.78 is 0. The van der Waals surface area contributed by atoms with Gasteiger partial charge in [-0.2, -0.15) is 0 Å². The Morgan fingerprint density at radius 1 is 1.13 bits per heavy atom. The van der Waals surface area contributed by atoms with Crippen LogP contribution < -0.4 is 0 Å². The average molecular weight is 230 g/mol. The van der Waals surface area contributed by atoms with Crippen molar-refractivity contribution in [3.05, 3.63) is 0 Å². The van der Waals surface area contributed by atoms with Crippen LogP contribution in [0.5, 0.6) is 0 Å². The van der Waals surface area contributed by atoms with Crippen LogP contribution in [-0.2, 0) is 4.79 Å². The van der Waals surface area contributed by atoms with Crippen molar-refractivity contribution < 1.29 is 4.79 Å². The monoisotopic (exact) mass is 229 g/mol. The third kappa shape index (κ3) is 2.47. The van der Waals surface area contributed by atoms with E-state index in [2.05, 4.69) is 13.8 Å². The zero-order valence-corrected chi connectivity index (χ0v) is 10.3. The van der Waals surface area contributed by atoms with Crippen LogP contribution in [0.15, 0.2) is 0 Å². The van der Waals surface area contributed by atoms with Gasteiger partial charge in [0, 0.05) is 19.0 Å². The molecule has 2 rings (SSSR count). The van der Waals surface area contributed by atoms with Gasteiger partial charge in [0.15, 0.2) is 0 Å². The highest BCUT2D eigenvalue weighted by Gasteiger charge is 2.36. The summed E-state index contributed by atoms with van der Waals surface area (Å²) in [7, 11) is 0. The predicted octanol–water partition coefficient (Wildman–Crippen LogP) is 2.51. The lowest BCUT2D eigenvalue weighted by molar-refractivity contribution is -0.141. The van der Waals surface area contributed by atoms with E-state index < -0.39 is 0 Å². The highest BCUT2D eigenvalue weighted by molar-refractivity contribution is 6.21. The summed E-state index contributed by atoms with van der Waals surface area (Å²) in [5, 5.41) is 0.162. The number of nitrogens with zero attached hydrogens (tertiary/aromatic N) is 1. The molecule has 0 bridgehead atoms. The van der Waals surface area contributed by atoms with Crippen LogP contribution in [0.25, 0.3) is 0 Å². The molecule has 0 aromatic carbocycles. The fourth-order valence-electron chi connectivity index (χ4n) is 2.82. The largest absolute Gasteiger partial charge is 0.341 e. The molecule has 1 heterocycles. The summed E-state index contributed by atoms with van der Waals surface area (Å²) in [5.41, 5.74) is 0. The lowest BCUT2D eigenvalue weighted by Gasteiger charge is -2.40. The molecule has 1 saturated heterocycles. The molecule has 86 valence electrons. The van der Waals surface area contributed by atoms with E-state index in [1.807, 2.05) is 4.90 Å². The van der Waals surface area contributed by atoms with Gasteiger partial charge in [-0.3, -0.25) is 4.79 Å². The zero-order chi connectivity index (χ0) is 11.0. The van der Waals surface area contributed by atoms with Crippen molar-refractivity contribution >= 4 is 17.5 Å². The molecular formula is C12H20ClNO. The highest BCUT2D eigenvalue weighted by Crippen LogP contribution is 2.35. The molecule has 0 aromatic heterocycles. The Kier molecular flexibility index (Phi) is 3.24. The van der Waals surface area contributed by atoms with Crippen LogP contribution in [0.3, 0.4) is 0 Å². The number of amides is 1. The number of piperidine rings is 1. The minimum absolute atomic E-state index is 0.162. The Hall–Kier alpha value is -0.240. The third-order valence-corrected chi connectivity index (χ3v) is 3.96. The molecule has 0 aromatic rings. The molecular weight excluding hydrogens is 210 g/mol. The summed E-state index contributed by atoms with van der Waals surface area (Å²) in [4.78, 5) is 14.1. The van der Waals surface area contributed by atoms with Crippen LogP contribution in [0.2, 0.25) is 0 Å².